The van der Waals surface area contributed by atoms with E-state index >= 15 is 0 Å². The number of hydrogen-bond acceptors (Lipinski definition) is 3. The molecule has 0 fully saturated rings. The van der Waals surface area contributed by atoms with Crippen molar-refractivity contribution in [2.45, 2.75) is 39.5 Å². The molecule has 1 aromatic rings. The van der Waals surface area contributed by atoms with Gasteiger partial charge in [-0.3, -0.25) is 0 Å². The van der Waals surface area contributed by atoms with Crippen molar-refractivity contribution in [2.24, 2.45) is 5.16 Å². The summed E-state index contributed by atoms with van der Waals surface area (Å²) in [6.45, 7) is 6.28. The first-order valence-corrected chi connectivity index (χ1v) is 6.90. The third kappa shape index (κ3) is 2.35. The quantitative estimate of drug-likeness (QED) is 0.504. The molecule has 0 spiro atoms. The average molecular weight is 246 g/mol. The maximum absolute atomic E-state index is 9.28. The number of nitrogens with zero attached hydrogens (tertiary/aromatic N) is 2. The normalized spacial score (nSPS) is 17.3. The topological polar surface area (TPSA) is 35.8 Å². The van der Waals surface area contributed by atoms with E-state index < -0.39 is 0 Å². The molecular weight excluding hydrogens is 224 g/mol. The smallest absolute Gasteiger partial charge is 0.0891 e. The van der Waals surface area contributed by atoms with Crippen molar-refractivity contribution in [1.29, 1.82) is 0 Å². The molecule has 0 saturated carbocycles. The zero-order chi connectivity index (χ0) is 13.0. The highest BCUT2D eigenvalue weighted by molar-refractivity contribution is 6.06. The van der Waals surface area contributed by atoms with Crippen LogP contribution in [-0.4, -0.2) is 24.0 Å². The number of fused-ring (bicyclic) bond motifs is 1. The van der Waals surface area contributed by atoms with Gasteiger partial charge in [0, 0.05) is 24.3 Å². The van der Waals surface area contributed by atoms with Gasteiger partial charge in [0.05, 0.1) is 5.71 Å². The number of anilines is 1. The Morgan fingerprint density at radius 3 is 2.56 bits per heavy atom. The molecule has 0 amide bonds. The number of oxime groups is 1. The number of benzene rings is 1. The molecule has 18 heavy (non-hydrogen) atoms. The van der Waals surface area contributed by atoms with Gasteiger partial charge in [0.1, 0.15) is 0 Å². The molecule has 0 atom stereocenters. The van der Waals surface area contributed by atoms with E-state index in [-0.39, 0.29) is 0 Å². The van der Waals surface area contributed by atoms with Crippen molar-refractivity contribution in [3.8, 4) is 0 Å². The van der Waals surface area contributed by atoms with Crippen LogP contribution in [0.1, 0.15) is 44.2 Å². The van der Waals surface area contributed by atoms with E-state index in [9.17, 15) is 5.21 Å². The summed E-state index contributed by atoms with van der Waals surface area (Å²) in [6.07, 6.45) is 4.24. The summed E-state index contributed by atoms with van der Waals surface area (Å²) in [5.41, 5.74) is 4.56. The van der Waals surface area contributed by atoms with E-state index in [1.54, 1.807) is 0 Å². The summed E-state index contributed by atoms with van der Waals surface area (Å²) in [7, 11) is 0. The Morgan fingerprint density at radius 1 is 1.17 bits per heavy atom. The fourth-order valence-electron chi connectivity index (χ4n) is 2.79. The lowest BCUT2D eigenvalue weighted by Gasteiger charge is -2.25. The van der Waals surface area contributed by atoms with Gasteiger partial charge < -0.3 is 10.1 Å². The van der Waals surface area contributed by atoms with Gasteiger partial charge in [0.25, 0.3) is 0 Å². The van der Waals surface area contributed by atoms with Gasteiger partial charge in [-0.15, -0.1) is 0 Å². The van der Waals surface area contributed by atoms with Crippen LogP contribution in [0.15, 0.2) is 23.4 Å². The summed E-state index contributed by atoms with van der Waals surface area (Å²) in [6, 6.07) is 6.42. The molecule has 0 aromatic heterocycles. The Morgan fingerprint density at radius 2 is 1.89 bits per heavy atom. The van der Waals surface area contributed by atoms with Crippen molar-refractivity contribution in [2.75, 3.05) is 18.0 Å². The summed E-state index contributed by atoms with van der Waals surface area (Å²) >= 11 is 0. The largest absolute Gasteiger partial charge is 0.411 e. The zero-order valence-corrected chi connectivity index (χ0v) is 11.3. The number of rotatable bonds is 3. The van der Waals surface area contributed by atoms with Gasteiger partial charge >= 0.3 is 0 Å². The number of hydrogen-bond donors (Lipinski definition) is 1. The van der Waals surface area contributed by atoms with Gasteiger partial charge in [-0.1, -0.05) is 17.3 Å². The van der Waals surface area contributed by atoms with Crippen LogP contribution in [0.25, 0.3) is 0 Å². The van der Waals surface area contributed by atoms with Crippen molar-refractivity contribution < 1.29 is 5.21 Å². The minimum atomic E-state index is 0.852. The molecule has 98 valence electrons. The van der Waals surface area contributed by atoms with E-state index in [0.29, 0.717) is 0 Å². The van der Waals surface area contributed by atoms with Crippen LogP contribution >= 0.6 is 0 Å². The third-order valence-electron chi connectivity index (χ3n) is 3.75. The number of aryl methyl sites for hydroxylation is 1. The predicted octanol–water partition coefficient (Wildman–Crippen LogP) is 3.44. The van der Waals surface area contributed by atoms with Crippen LogP contribution < -0.4 is 4.90 Å². The summed E-state index contributed by atoms with van der Waals surface area (Å²) < 4.78 is 0. The highest BCUT2D eigenvalue weighted by Gasteiger charge is 2.20. The Kier molecular flexibility index (Phi) is 4.24. The molecular formula is C15H22N2O. The summed E-state index contributed by atoms with van der Waals surface area (Å²) in [5, 5.41) is 12.8. The van der Waals surface area contributed by atoms with Crippen LogP contribution in [0.5, 0.6) is 0 Å². The summed E-state index contributed by atoms with van der Waals surface area (Å²) in [5.74, 6) is 0. The van der Waals surface area contributed by atoms with Crippen molar-refractivity contribution >= 4 is 11.4 Å². The van der Waals surface area contributed by atoms with E-state index in [1.807, 2.05) is 0 Å². The van der Waals surface area contributed by atoms with Crippen molar-refractivity contribution in [1.82, 2.24) is 0 Å². The van der Waals surface area contributed by atoms with Crippen LogP contribution in [-0.2, 0) is 6.42 Å². The first-order chi connectivity index (χ1) is 8.81. The SMILES string of the molecule is CCN(CC)c1cccc2c1/C(=N\O)CCCC2. The molecule has 0 aliphatic heterocycles. The van der Waals surface area contributed by atoms with E-state index in [4.69, 9.17) is 0 Å². The van der Waals surface area contributed by atoms with E-state index in [0.717, 1.165) is 38.1 Å². The highest BCUT2D eigenvalue weighted by Crippen LogP contribution is 2.30. The van der Waals surface area contributed by atoms with Crippen LogP contribution in [0, 0.1) is 0 Å². The van der Waals surface area contributed by atoms with Gasteiger partial charge in [-0.2, -0.15) is 0 Å². The molecule has 2 rings (SSSR count). The van der Waals surface area contributed by atoms with Crippen LogP contribution in [0.2, 0.25) is 0 Å². The fraction of sp³-hybridized carbons (Fsp3) is 0.533. The Bertz CT molecular complexity index is 436. The van der Waals surface area contributed by atoms with Gasteiger partial charge in [0.15, 0.2) is 0 Å². The second-order valence-electron chi connectivity index (χ2n) is 4.74. The minimum Gasteiger partial charge on any atom is -0.411 e. The van der Waals surface area contributed by atoms with Crippen molar-refractivity contribution in [3.05, 3.63) is 29.3 Å². The Labute approximate surface area is 109 Å². The molecule has 1 aliphatic carbocycles. The molecule has 3 heteroatoms. The Hall–Kier alpha value is -1.51. The molecule has 1 aliphatic rings. The molecule has 0 radical (unpaired) electrons. The molecule has 1 N–H and O–H groups in total. The molecule has 1 aromatic carbocycles. The molecule has 0 saturated heterocycles. The molecule has 3 nitrogen and oxygen atoms in total. The van der Waals surface area contributed by atoms with Crippen LogP contribution in [0.4, 0.5) is 5.69 Å². The second-order valence-corrected chi connectivity index (χ2v) is 4.74. The maximum atomic E-state index is 9.28. The van der Waals surface area contributed by atoms with Crippen molar-refractivity contribution in [3.63, 3.8) is 0 Å². The average Bonchev–Trinajstić information content (AvgIpc) is 2.62. The Balaban J connectivity index is 2.55. The standard InChI is InChI=1S/C15H22N2O/c1-3-17(4-2)14-11-7-9-12-8-5-6-10-13(16-18)15(12)14/h7,9,11,18H,3-6,8,10H2,1-2H3/b16-13-. The maximum Gasteiger partial charge on any atom is 0.0891 e. The summed E-state index contributed by atoms with van der Waals surface area (Å²) in [4.78, 5) is 2.33. The van der Waals surface area contributed by atoms with E-state index in [1.165, 1.54) is 23.2 Å². The lowest BCUT2D eigenvalue weighted by atomic mass is 9.98. The predicted molar refractivity (Wildman–Crippen MR) is 75.9 cm³/mol. The molecule has 0 bridgehead atoms. The molecule has 0 unspecified atom stereocenters. The highest BCUT2D eigenvalue weighted by atomic mass is 16.4. The fourth-order valence-corrected chi connectivity index (χ4v) is 2.79. The third-order valence-corrected chi connectivity index (χ3v) is 3.75. The van der Waals surface area contributed by atoms with E-state index in [2.05, 4.69) is 42.1 Å². The second kappa shape index (κ2) is 5.89. The zero-order valence-electron chi connectivity index (χ0n) is 11.3. The monoisotopic (exact) mass is 246 g/mol. The van der Waals surface area contributed by atoms with Gasteiger partial charge in [-0.25, -0.2) is 0 Å². The van der Waals surface area contributed by atoms with Gasteiger partial charge in [0.2, 0.25) is 0 Å². The first-order valence-electron chi connectivity index (χ1n) is 6.90. The lowest BCUT2D eigenvalue weighted by Crippen LogP contribution is -2.24. The first kappa shape index (κ1) is 12.9. The minimum absolute atomic E-state index is 0.852. The lowest BCUT2D eigenvalue weighted by molar-refractivity contribution is 0.318. The molecule has 0 heterocycles. The van der Waals surface area contributed by atoms with Crippen LogP contribution in [0.3, 0.4) is 0 Å². The van der Waals surface area contributed by atoms with Gasteiger partial charge in [-0.05, 0) is 51.2 Å².